The van der Waals surface area contributed by atoms with Crippen LogP contribution >= 0.6 is 0 Å². The number of benzene rings is 1. The maximum Gasteiger partial charge on any atom is 0.148 e. The second kappa shape index (κ2) is 8.74. The van der Waals surface area contributed by atoms with Crippen LogP contribution in [0.3, 0.4) is 0 Å². The second-order valence-electron chi connectivity index (χ2n) is 6.20. The van der Waals surface area contributed by atoms with E-state index in [0.29, 0.717) is 6.61 Å². The van der Waals surface area contributed by atoms with E-state index in [4.69, 9.17) is 11.2 Å². The molecule has 114 valence electrons. The van der Waals surface area contributed by atoms with E-state index in [9.17, 15) is 0 Å². The minimum Gasteiger partial charge on any atom is -0.481 e. The molecule has 0 heterocycles. The van der Waals surface area contributed by atoms with E-state index in [1.54, 1.807) is 0 Å². The minimum atomic E-state index is 0.330. The molecular weight excluding hydrogens is 258 g/mol. The number of hydrogen-bond acceptors (Lipinski definition) is 2. The maximum absolute atomic E-state index is 5.57. The molecule has 1 aliphatic carbocycles. The summed E-state index contributed by atoms with van der Waals surface area (Å²) in [5, 5.41) is 3.55. The fraction of sp³-hybridized carbons (Fsp3) is 0.579. The van der Waals surface area contributed by atoms with Gasteiger partial charge in [0.15, 0.2) is 0 Å². The Kier molecular flexibility index (Phi) is 6.63. The van der Waals surface area contributed by atoms with Gasteiger partial charge in [-0.2, -0.15) is 0 Å². The predicted octanol–water partition coefficient (Wildman–Crippen LogP) is 4.00. The summed E-state index contributed by atoms with van der Waals surface area (Å²) in [5.41, 5.74) is 1.18. The van der Waals surface area contributed by atoms with Gasteiger partial charge in [-0.3, -0.25) is 0 Å². The highest BCUT2D eigenvalue weighted by atomic mass is 16.5. The van der Waals surface area contributed by atoms with Crippen LogP contribution in [0.5, 0.6) is 5.75 Å². The lowest BCUT2D eigenvalue weighted by Gasteiger charge is -2.26. The third kappa shape index (κ3) is 5.44. The molecular formula is C19H27NO. The Labute approximate surface area is 129 Å². The molecule has 2 atom stereocenters. The molecule has 1 aromatic carbocycles. The Hall–Kier alpha value is -1.46. The van der Waals surface area contributed by atoms with Crippen molar-refractivity contribution >= 4 is 0 Å². The molecule has 0 aliphatic heterocycles. The topological polar surface area (TPSA) is 21.3 Å². The molecule has 1 aromatic rings. The van der Waals surface area contributed by atoms with Gasteiger partial charge in [-0.1, -0.05) is 50.3 Å². The maximum atomic E-state index is 5.57. The van der Waals surface area contributed by atoms with Crippen molar-refractivity contribution in [2.75, 3.05) is 13.2 Å². The van der Waals surface area contributed by atoms with E-state index in [0.717, 1.165) is 30.7 Å². The van der Waals surface area contributed by atoms with Crippen LogP contribution in [0, 0.1) is 24.2 Å². The normalized spacial score (nSPS) is 21.7. The molecule has 0 bridgehead atoms. The van der Waals surface area contributed by atoms with E-state index in [-0.39, 0.29) is 0 Å². The Balaban J connectivity index is 1.72. The molecule has 0 saturated heterocycles. The van der Waals surface area contributed by atoms with Gasteiger partial charge in [-0.15, -0.1) is 6.42 Å². The molecule has 1 fully saturated rings. The van der Waals surface area contributed by atoms with Crippen LogP contribution in [0.15, 0.2) is 24.3 Å². The Morgan fingerprint density at radius 3 is 3.00 bits per heavy atom. The van der Waals surface area contributed by atoms with Gasteiger partial charge >= 0.3 is 0 Å². The van der Waals surface area contributed by atoms with Crippen molar-refractivity contribution in [1.82, 2.24) is 5.32 Å². The number of ether oxygens (including phenoxy) is 1. The molecule has 21 heavy (non-hydrogen) atoms. The largest absolute Gasteiger partial charge is 0.481 e. The first-order valence-electron chi connectivity index (χ1n) is 8.14. The van der Waals surface area contributed by atoms with E-state index < -0.39 is 0 Å². The monoisotopic (exact) mass is 285 g/mol. The highest BCUT2D eigenvalue weighted by molar-refractivity contribution is 5.33. The van der Waals surface area contributed by atoms with E-state index in [1.165, 1.54) is 37.7 Å². The lowest BCUT2D eigenvalue weighted by molar-refractivity contribution is 0.267. The van der Waals surface area contributed by atoms with Crippen molar-refractivity contribution in [1.29, 1.82) is 0 Å². The van der Waals surface area contributed by atoms with Gasteiger partial charge in [0.2, 0.25) is 0 Å². The van der Waals surface area contributed by atoms with Crippen molar-refractivity contribution in [3.8, 4) is 18.1 Å². The van der Waals surface area contributed by atoms with Crippen LogP contribution in [0.1, 0.15) is 44.6 Å². The smallest absolute Gasteiger partial charge is 0.148 e. The van der Waals surface area contributed by atoms with Crippen LogP contribution in [-0.2, 0) is 6.54 Å². The van der Waals surface area contributed by atoms with Crippen molar-refractivity contribution in [2.45, 2.75) is 45.6 Å². The zero-order valence-corrected chi connectivity index (χ0v) is 13.1. The summed E-state index contributed by atoms with van der Waals surface area (Å²) in [6, 6.07) is 8.11. The average molecular weight is 285 g/mol. The van der Waals surface area contributed by atoms with Gasteiger partial charge in [0.05, 0.1) is 0 Å². The lowest BCUT2D eigenvalue weighted by Crippen LogP contribution is -2.21. The molecule has 0 aromatic heterocycles. The molecule has 0 spiro atoms. The Morgan fingerprint density at radius 1 is 1.33 bits per heavy atom. The highest BCUT2D eigenvalue weighted by Gasteiger charge is 2.18. The molecule has 1 N–H and O–H groups in total. The molecule has 2 heteroatoms. The van der Waals surface area contributed by atoms with Crippen LogP contribution in [0.4, 0.5) is 0 Å². The van der Waals surface area contributed by atoms with E-state index in [2.05, 4.69) is 24.2 Å². The average Bonchev–Trinajstić information content (AvgIpc) is 2.50. The Morgan fingerprint density at radius 2 is 2.19 bits per heavy atom. The SMILES string of the molecule is C#CCOc1ccccc1CNCCC1CCCC(C)C1. The van der Waals surface area contributed by atoms with Crippen molar-refractivity contribution in [3.63, 3.8) is 0 Å². The number of terminal acetylenes is 1. The fourth-order valence-corrected chi connectivity index (χ4v) is 3.26. The zero-order chi connectivity index (χ0) is 14.9. The quantitative estimate of drug-likeness (QED) is 0.604. The van der Waals surface area contributed by atoms with Crippen LogP contribution in [-0.4, -0.2) is 13.2 Å². The minimum absolute atomic E-state index is 0.330. The van der Waals surface area contributed by atoms with Crippen molar-refractivity contribution in [2.24, 2.45) is 11.8 Å². The van der Waals surface area contributed by atoms with E-state index in [1.807, 2.05) is 18.2 Å². The summed E-state index contributed by atoms with van der Waals surface area (Å²) >= 11 is 0. The summed E-state index contributed by atoms with van der Waals surface area (Å²) in [6.07, 6.45) is 12.2. The van der Waals surface area contributed by atoms with Gasteiger partial charge in [0.1, 0.15) is 12.4 Å². The number of hydrogen-bond donors (Lipinski definition) is 1. The fourth-order valence-electron chi connectivity index (χ4n) is 3.26. The van der Waals surface area contributed by atoms with E-state index >= 15 is 0 Å². The standard InChI is InChI=1S/C19H27NO/c1-3-13-21-19-10-5-4-9-18(19)15-20-12-11-17-8-6-7-16(2)14-17/h1,4-5,9-10,16-17,20H,6-8,11-15H2,2H3. The highest BCUT2D eigenvalue weighted by Crippen LogP contribution is 2.30. The summed E-state index contributed by atoms with van der Waals surface area (Å²) in [5.74, 6) is 5.24. The van der Waals surface area contributed by atoms with Gasteiger partial charge in [-0.05, 0) is 37.3 Å². The predicted molar refractivity (Wildman–Crippen MR) is 88.2 cm³/mol. The van der Waals surface area contributed by atoms with Gasteiger partial charge in [0.25, 0.3) is 0 Å². The van der Waals surface area contributed by atoms with Gasteiger partial charge in [-0.25, -0.2) is 0 Å². The van der Waals surface area contributed by atoms with Gasteiger partial charge in [0, 0.05) is 12.1 Å². The summed E-state index contributed by atoms with van der Waals surface area (Å²) < 4.78 is 5.57. The number of para-hydroxylation sites is 1. The van der Waals surface area contributed by atoms with Crippen LogP contribution in [0.2, 0.25) is 0 Å². The first kappa shape index (κ1) is 15.9. The molecule has 0 radical (unpaired) electrons. The third-order valence-corrected chi connectivity index (χ3v) is 4.37. The molecule has 0 amide bonds. The molecule has 1 aliphatic rings. The summed E-state index contributed by atoms with van der Waals surface area (Å²) in [4.78, 5) is 0. The zero-order valence-electron chi connectivity index (χ0n) is 13.1. The van der Waals surface area contributed by atoms with Crippen molar-refractivity contribution < 1.29 is 4.74 Å². The number of rotatable bonds is 7. The molecule has 1 saturated carbocycles. The van der Waals surface area contributed by atoms with Crippen LogP contribution in [0.25, 0.3) is 0 Å². The summed E-state index contributed by atoms with van der Waals surface area (Å²) in [6.45, 7) is 4.65. The first-order valence-corrected chi connectivity index (χ1v) is 8.14. The van der Waals surface area contributed by atoms with Gasteiger partial charge < -0.3 is 10.1 Å². The Bertz CT molecular complexity index is 463. The third-order valence-electron chi connectivity index (χ3n) is 4.37. The lowest BCUT2D eigenvalue weighted by atomic mass is 9.81. The number of nitrogens with one attached hydrogen (secondary N) is 1. The molecule has 2 nitrogen and oxygen atoms in total. The van der Waals surface area contributed by atoms with Crippen LogP contribution < -0.4 is 10.1 Å². The molecule has 2 unspecified atom stereocenters. The first-order chi connectivity index (χ1) is 10.3. The van der Waals surface area contributed by atoms with Crippen molar-refractivity contribution in [3.05, 3.63) is 29.8 Å². The second-order valence-corrected chi connectivity index (χ2v) is 6.20. The molecule has 2 rings (SSSR count). The summed E-state index contributed by atoms with van der Waals surface area (Å²) in [7, 11) is 0.